The molecule has 1 heterocycles. The number of hydrogen-bond acceptors (Lipinski definition) is 3. The predicted molar refractivity (Wildman–Crippen MR) is 56.0 cm³/mol. The van der Waals surface area contributed by atoms with E-state index in [0.717, 1.165) is 12.5 Å². The molecule has 0 atom stereocenters. The van der Waals surface area contributed by atoms with E-state index in [4.69, 9.17) is 5.11 Å². The molecule has 0 amide bonds. The second-order valence-electron chi connectivity index (χ2n) is 3.69. The molecule has 1 rings (SSSR count). The molecule has 0 aromatic carbocycles. The first-order valence-electron chi connectivity index (χ1n) is 4.80. The third-order valence-corrected chi connectivity index (χ3v) is 4.15. The molecule has 15 heavy (non-hydrogen) atoms. The van der Waals surface area contributed by atoms with Crippen LogP contribution < -0.4 is 0 Å². The summed E-state index contributed by atoms with van der Waals surface area (Å²) >= 11 is 0. The third kappa shape index (κ3) is 3.64. The number of sulfonamides is 1. The van der Waals surface area contributed by atoms with Crippen molar-refractivity contribution >= 4 is 16.0 Å². The minimum absolute atomic E-state index is 0.174. The van der Waals surface area contributed by atoms with E-state index in [0.29, 0.717) is 18.5 Å². The molecule has 0 spiro atoms. The van der Waals surface area contributed by atoms with Crippen LogP contribution in [-0.4, -0.2) is 42.6 Å². The summed E-state index contributed by atoms with van der Waals surface area (Å²) in [4.78, 5) is 10.4. The largest absolute Gasteiger partial charge is 0.478 e. The third-order valence-electron chi connectivity index (χ3n) is 2.25. The summed E-state index contributed by atoms with van der Waals surface area (Å²) in [6, 6.07) is 0. The first-order chi connectivity index (χ1) is 6.92. The van der Waals surface area contributed by atoms with E-state index in [2.05, 4.69) is 0 Å². The van der Waals surface area contributed by atoms with Crippen molar-refractivity contribution in [3.05, 3.63) is 11.6 Å². The lowest BCUT2D eigenvalue weighted by atomic mass is 10.2. The highest BCUT2D eigenvalue weighted by Gasteiger charge is 2.25. The number of nitrogens with zero attached hydrogens (tertiary/aromatic N) is 1. The summed E-state index contributed by atoms with van der Waals surface area (Å²) in [6.45, 7) is 2.31. The van der Waals surface area contributed by atoms with E-state index < -0.39 is 16.0 Å². The topological polar surface area (TPSA) is 74.7 Å². The standard InChI is InChI=1S/C9H15NO4S/c1-8(6-9(11)12)7-10-4-2-3-5-15(10,13)14/h6H,2-5,7H2,1H3,(H,11,12)/b8-6+. The molecule has 6 heteroatoms. The van der Waals surface area contributed by atoms with Crippen LogP contribution in [0.1, 0.15) is 19.8 Å². The van der Waals surface area contributed by atoms with Gasteiger partial charge in [0.1, 0.15) is 0 Å². The van der Waals surface area contributed by atoms with Crippen molar-refractivity contribution in [2.75, 3.05) is 18.8 Å². The molecule has 86 valence electrons. The molecule has 0 unspecified atom stereocenters. The van der Waals surface area contributed by atoms with Gasteiger partial charge in [-0.3, -0.25) is 0 Å². The number of hydrogen-bond donors (Lipinski definition) is 1. The monoisotopic (exact) mass is 233 g/mol. The van der Waals surface area contributed by atoms with Crippen LogP contribution in [0.4, 0.5) is 0 Å². The zero-order valence-corrected chi connectivity index (χ0v) is 9.46. The van der Waals surface area contributed by atoms with E-state index >= 15 is 0 Å². The van der Waals surface area contributed by atoms with Gasteiger partial charge in [0.15, 0.2) is 0 Å². The van der Waals surface area contributed by atoms with Gasteiger partial charge in [0.25, 0.3) is 0 Å². The Balaban J connectivity index is 2.68. The summed E-state index contributed by atoms with van der Waals surface area (Å²) in [6.07, 6.45) is 2.59. The fraction of sp³-hybridized carbons (Fsp3) is 0.667. The Morgan fingerprint density at radius 2 is 2.13 bits per heavy atom. The predicted octanol–water partition coefficient (Wildman–Crippen LogP) is 0.443. The van der Waals surface area contributed by atoms with Gasteiger partial charge >= 0.3 is 5.97 Å². The highest BCUT2D eigenvalue weighted by Crippen LogP contribution is 2.14. The number of carbonyl (C=O) groups is 1. The normalized spacial score (nSPS) is 22.6. The fourth-order valence-corrected chi connectivity index (χ4v) is 3.19. The summed E-state index contributed by atoms with van der Waals surface area (Å²) < 4.78 is 24.5. The Labute approximate surface area is 89.4 Å². The van der Waals surface area contributed by atoms with Crippen LogP contribution in [0, 0.1) is 0 Å². The van der Waals surface area contributed by atoms with Crippen LogP contribution in [0.25, 0.3) is 0 Å². The lowest BCUT2D eigenvalue weighted by molar-refractivity contribution is -0.131. The van der Waals surface area contributed by atoms with Crippen LogP contribution in [0.15, 0.2) is 11.6 Å². The van der Waals surface area contributed by atoms with E-state index in [1.807, 2.05) is 0 Å². The number of carboxylic acid groups (broad SMARTS) is 1. The fourth-order valence-electron chi connectivity index (χ4n) is 1.55. The van der Waals surface area contributed by atoms with Crippen molar-refractivity contribution in [2.45, 2.75) is 19.8 Å². The Morgan fingerprint density at radius 1 is 1.47 bits per heavy atom. The van der Waals surface area contributed by atoms with Gasteiger partial charge in [0.05, 0.1) is 5.75 Å². The maximum absolute atomic E-state index is 11.6. The summed E-state index contributed by atoms with van der Waals surface area (Å²) in [7, 11) is -3.15. The summed E-state index contributed by atoms with van der Waals surface area (Å²) in [5.74, 6) is -0.866. The smallest absolute Gasteiger partial charge is 0.328 e. The Morgan fingerprint density at radius 3 is 2.67 bits per heavy atom. The van der Waals surface area contributed by atoms with E-state index in [1.54, 1.807) is 6.92 Å². The zero-order chi connectivity index (χ0) is 11.5. The highest BCUT2D eigenvalue weighted by molar-refractivity contribution is 7.89. The van der Waals surface area contributed by atoms with Crippen LogP contribution >= 0.6 is 0 Å². The van der Waals surface area contributed by atoms with Gasteiger partial charge in [0, 0.05) is 19.2 Å². The molecule has 1 fully saturated rings. The molecule has 5 nitrogen and oxygen atoms in total. The van der Waals surface area contributed by atoms with Crippen LogP contribution in [-0.2, 0) is 14.8 Å². The van der Waals surface area contributed by atoms with E-state index in [9.17, 15) is 13.2 Å². The van der Waals surface area contributed by atoms with E-state index in [1.165, 1.54) is 4.31 Å². The molecule has 0 bridgehead atoms. The van der Waals surface area contributed by atoms with Crippen molar-refractivity contribution in [1.82, 2.24) is 4.31 Å². The van der Waals surface area contributed by atoms with Crippen molar-refractivity contribution in [3.63, 3.8) is 0 Å². The minimum atomic E-state index is -3.15. The maximum atomic E-state index is 11.6. The second kappa shape index (κ2) is 4.76. The van der Waals surface area contributed by atoms with Crippen molar-refractivity contribution in [2.24, 2.45) is 0 Å². The molecule has 1 aliphatic heterocycles. The van der Waals surface area contributed by atoms with Gasteiger partial charge in [0.2, 0.25) is 10.0 Å². The highest BCUT2D eigenvalue weighted by atomic mass is 32.2. The van der Waals surface area contributed by atoms with Gasteiger partial charge in [-0.1, -0.05) is 5.57 Å². The van der Waals surface area contributed by atoms with Crippen molar-refractivity contribution in [1.29, 1.82) is 0 Å². The number of aliphatic carboxylic acids is 1. The Hall–Kier alpha value is -0.880. The quantitative estimate of drug-likeness (QED) is 0.718. The molecule has 0 aromatic heterocycles. The van der Waals surface area contributed by atoms with Crippen LogP contribution in [0.2, 0.25) is 0 Å². The first kappa shape index (κ1) is 12.2. The molecular weight excluding hydrogens is 218 g/mol. The molecule has 0 saturated carbocycles. The maximum Gasteiger partial charge on any atom is 0.328 e. The SMILES string of the molecule is C/C(=C\C(=O)O)CN1CCCCS1(=O)=O. The lowest BCUT2D eigenvalue weighted by Gasteiger charge is -2.26. The number of carboxylic acids is 1. The van der Waals surface area contributed by atoms with Gasteiger partial charge in [-0.05, 0) is 19.8 Å². The average molecular weight is 233 g/mol. The molecular formula is C9H15NO4S. The van der Waals surface area contributed by atoms with Gasteiger partial charge < -0.3 is 5.11 Å². The lowest BCUT2D eigenvalue weighted by Crippen LogP contribution is -2.38. The Bertz CT molecular complexity index is 372. The second-order valence-corrected chi connectivity index (χ2v) is 5.77. The van der Waals surface area contributed by atoms with E-state index in [-0.39, 0.29) is 12.3 Å². The molecule has 0 aromatic rings. The van der Waals surface area contributed by atoms with Gasteiger partial charge in [-0.15, -0.1) is 0 Å². The minimum Gasteiger partial charge on any atom is -0.478 e. The van der Waals surface area contributed by atoms with Crippen molar-refractivity contribution in [3.8, 4) is 0 Å². The number of rotatable bonds is 3. The zero-order valence-electron chi connectivity index (χ0n) is 8.64. The van der Waals surface area contributed by atoms with Gasteiger partial charge in [-0.2, -0.15) is 4.31 Å². The van der Waals surface area contributed by atoms with Crippen molar-refractivity contribution < 1.29 is 18.3 Å². The first-order valence-corrected chi connectivity index (χ1v) is 6.40. The molecule has 1 saturated heterocycles. The summed E-state index contributed by atoms with van der Waals surface area (Å²) in [5.41, 5.74) is 0.549. The Kier molecular flexibility index (Phi) is 3.87. The van der Waals surface area contributed by atoms with Crippen LogP contribution in [0.3, 0.4) is 0 Å². The van der Waals surface area contributed by atoms with Crippen LogP contribution in [0.5, 0.6) is 0 Å². The molecule has 0 radical (unpaired) electrons. The summed E-state index contributed by atoms with van der Waals surface area (Å²) in [5, 5.41) is 8.50. The molecule has 1 N–H and O–H groups in total. The molecule has 1 aliphatic rings. The van der Waals surface area contributed by atoms with Gasteiger partial charge in [-0.25, -0.2) is 13.2 Å². The average Bonchev–Trinajstić information content (AvgIpc) is 2.07. The molecule has 0 aliphatic carbocycles.